The van der Waals surface area contributed by atoms with Gasteiger partial charge in [-0.05, 0) is 82.6 Å². The van der Waals surface area contributed by atoms with Gasteiger partial charge < -0.3 is 16.2 Å². The van der Waals surface area contributed by atoms with Gasteiger partial charge in [0.05, 0.1) is 31.2 Å². The molecule has 0 bridgehead atoms. The molecule has 19 heteroatoms. The molecule has 0 saturated carbocycles. The van der Waals surface area contributed by atoms with Gasteiger partial charge in [-0.2, -0.15) is 0 Å². The lowest BCUT2D eigenvalue weighted by Crippen LogP contribution is -2.34. The van der Waals surface area contributed by atoms with E-state index in [-0.39, 0.29) is 83.2 Å². The van der Waals surface area contributed by atoms with Crippen molar-refractivity contribution in [2.45, 2.75) is 62.2 Å². The van der Waals surface area contributed by atoms with Gasteiger partial charge in [-0.25, -0.2) is 41.1 Å². The number of carbonyl (C=O) groups is 2. The Morgan fingerprint density at radius 2 is 1.11 bits per heavy atom. The number of benzene rings is 2. The van der Waals surface area contributed by atoms with Gasteiger partial charge >= 0.3 is 0 Å². The minimum atomic E-state index is -4.13. The van der Waals surface area contributed by atoms with Crippen molar-refractivity contribution in [2.24, 2.45) is 0 Å². The second-order valence-electron chi connectivity index (χ2n) is 16.1. The molecule has 5 N–H and O–H groups in total. The van der Waals surface area contributed by atoms with E-state index in [0.29, 0.717) is 0 Å². The van der Waals surface area contributed by atoms with Crippen LogP contribution in [0.5, 0.6) is 0 Å². The highest BCUT2D eigenvalue weighted by Crippen LogP contribution is 2.32. The first-order chi connectivity index (χ1) is 29.4. The monoisotopic (exact) mass is 932 g/mol. The Morgan fingerprint density at radius 3 is 1.57 bits per heavy atom. The summed E-state index contributed by atoms with van der Waals surface area (Å²) in [4.78, 5) is 42.3. The van der Waals surface area contributed by atoms with Crippen LogP contribution >= 0.6 is 23.2 Å². The average molecular weight is 934 g/mol. The number of nitrogens with zero attached hydrogens (tertiary/aromatic N) is 5. The predicted octanol–water partition coefficient (Wildman–Crippen LogP) is 8.08. The van der Waals surface area contributed by atoms with Crippen molar-refractivity contribution in [2.75, 3.05) is 34.3 Å². The van der Waals surface area contributed by atoms with E-state index in [1.165, 1.54) is 80.2 Å². The predicted molar refractivity (Wildman–Crippen MR) is 245 cm³/mol. The van der Waals surface area contributed by atoms with E-state index in [4.69, 9.17) is 39.4 Å². The third kappa shape index (κ3) is 11.7. The van der Waals surface area contributed by atoms with Crippen LogP contribution in [0, 0.1) is 0 Å². The molecule has 4 heterocycles. The van der Waals surface area contributed by atoms with E-state index in [1.54, 1.807) is 36.4 Å². The molecule has 6 rings (SSSR count). The largest absolute Gasteiger partial charge is 0.384 e. The summed E-state index contributed by atoms with van der Waals surface area (Å²) in [6, 6.07) is 25.0. The summed E-state index contributed by atoms with van der Waals surface area (Å²) >= 11 is 12.1. The number of hydrogen-bond donors (Lipinski definition) is 3. The van der Waals surface area contributed by atoms with Crippen molar-refractivity contribution < 1.29 is 31.2 Å². The molecule has 330 valence electrons. The number of nitrogens with two attached hydrogens (primary N) is 2. The molecule has 0 aliphatic carbocycles. The Hall–Kier alpha value is -5.98. The molecular formula is C44H46Cl2N8O7S2. The average Bonchev–Trinajstić information content (AvgIpc) is 3.22. The first-order valence-corrected chi connectivity index (χ1v) is 22.7. The highest BCUT2D eigenvalue weighted by atomic mass is 35.5. The smallest absolute Gasteiger partial charge is 0.266 e. The Labute approximate surface area is 377 Å². The van der Waals surface area contributed by atoms with Crippen LogP contribution in [0.25, 0.3) is 0 Å². The normalized spacial score (nSPS) is 11.9. The number of nitrogen functional groups attached to an aromatic ring is 2. The molecule has 0 amide bonds. The van der Waals surface area contributed by atoms with Gasteiger partial charge in [-0.3, -0.25) is 14.3 Å². The van der Waals surface area contributed by atoms with E-state index < -0.39 is 31.6 Å². The van der Waals surface area contributed by atoms with E-state index in [2.05, 4.69) is 24.7 Å². The molecule has 0 aliphatic rings. The maximum atomic E-state index is 13.6. The zero-order chi connectivity index (χ0) is 46.5. The number of aromatic nitrogens is 4. The molecule has 63 heavy (non-hydrogen) atoms. The molecule has 2 aromatic carbocycles. The molecule has 0 fully saturated rings. The van der Waals surface area contributed by atoms with Crippen molar-refractivity contribution in [1.29, 1.82) is 0 Å². The number of ether oxygens (including phenoxy) is 1. The Balaban J connectivity index is 0.000000239. The van der Waals surface area contributed by atoms with Crippen molar-refractivity contribution >= 4 is 77.8 Å². The second-order valence-corrected chi connectivity index (χ2v) is 20.5. The van der Waals surface area contributed by atoms with Gasteiger partial charge in [0.2, 0.25) is 11.6 Å². The zero-order valence-electron chi connectivity index (χ0n) is 35.4. The van der Waals surface area contributed by atoms with E-state index in [0.717, 1.165) is 15.4 Å². The van der Waals surface area contributed by atoms with E-state index in [9.17, 15) is 26.4 Å². The van der Waals surface area contributed by atoms with Crippen LogP contribution in [0.2, 0.25) is 10.0 Å². The highest BCUT2D eigenvalue weighted by Gasteiger charge is 2.31. The summed E-state index contributed by atoms with van der Waals surface area (Å²) in [5.74, 6) is -0.874. The van der Waals surface area contributed by atoms with Crippen molar-refractivity contribution in [3.63, 3.8) is 0 Å². The fourth-order valence-corrected chi connectivity index (χ4v) is 8.61. The van der Waals surface area contributed by atoms with Crippen LogP contribution < -0.4 is 20.5 Å². The number of carbonyl (C=O) groups excluding carboxylic acids is 2. The third-order valence-corrected chi connectivity index (χ3v) is 12.8. The van der Waals surface area contributed by atoms with Crippen LogP contribution in [0.1, 0.15) is 85.0 Å². The number of sulfonamides is 2. The summed E-state index contributed by atoms with van der Waals surface area (Å²) in [6.07, 6.45) is 2.53. The molecule has 0 aliphatic heterocycles. The molecule has 15 nitrogen and oxygen atoms in total. The van der Waals surface area contributed by atoms with Gasteiger partial charge in [0, 0.05) is 19.5 Å². The van der Waals surface area contributed by atoms with Crippen molar-refractivity contribution in [1.82, 2.24) is 19.9 Å². The maximum Gasteiger partial charge on any atom is 0.266 e. The van der Waals surface area contributed by atoms with Gasteiger partial charge in [-0.15, -0.1) is 0 Å². The number of hydrogen-bond acceptors (Lipinski definition) is 13. The minimum Gasteiger partial charge on any atom is -0.384 e. The number of halogens is 2. The Kier molecular flexibility index (Phi) is 14.6. The molecule has 0 saturated heterocycles. The summed E-state index contributed by atoms with van der Waals surface area (Å²) in [6.45, 7) is 11.9. The van der Waals surface area contributed by atoms with Gasteiger partial charge in [0.15, 0.2) is 0 Å². The molecule has 0 radical (unpaired) electrons. The lowest BCUT2D eigenvalue weighted by Gasteiger charge is -2.26. The molecule has 6 aromatic rings. The van der Waals surface area contributed by atoms with Crippen molar-refractivity contribution in [3.05, 3.63) is 153 Å². The lowest BCUT2D eigenvalue weighted by molar-refractivity contribution is 0.102. The Morgan fingerprint density at radius 1 is 0.667 bits per heavy atom. The lowest BCUT2D eigenvalue weighted by atomic mass is 9.87. The topological polar surface area (TPSA) is 231 Å². The van der Waals surface area contributed by atoms with Gasteiger partial charge in [0.1, 0.15) is 41.1 Å². The molecule has 0 atom stereocenters. The van der Waals surface area contributed by atoms with Crippen LogP contribution in [-0.4, -0.2) is 62.2 Å². The number of methoxy groups -OCH3 is 1. The fraction of sp³-hybridized carbons (Fsp3) is 0.227. The first-order valence-electron chi connectivity index (χ1n) is 19.0. The zero-order valence-corrected chi connectivity index (χ0v) is 38.6. The highest BCUT2D eigenvalue weighted by molar-refractivity contribution is 7.93. The van der Waals surface area contributed by atoms with E-state index >= 15 is 0 Å². The van der Waals surface area contributed by atoms with Crippen LogP contribution in [0.4, 0.5) is 23.0 Å². The number of nitrogens with one attached hydrogen (secondary N) is 1. The van der Waals surface area contributed by atoms with Crippen LogP contribution in [-0.2, 0) is 35.6 Å². The summed E-state index contributed by atoms with van der Waals surface area (Å²) < 4.78 is 61.5. The standard InChI is InChI=1S/C23H25ClN4O4S.C21H21ClN4O3S/c1-23(2,3)15-8-10-17(11-9-15)33(30,31)28(14-32-4)19-12-16(24)13-26-21(19)22(29)18-6-5-7-20(25)27-18;1-21(2,3)13-7-9-15(10-8-13)30(28,29)26-17-11-14(22)12-24-19(17)20(27)16-5-4-6-18(23)25-16/h5-13H,14H2,1-4H3,(H2,25,27);4-12,26H,1-3H3,(H2,23,25). The maximum absolute atomic E-state index is 13.6. The Bertz CT molecular complexity index is 2870. The molecule has 4 aromatic heterocycles. The SMILES string of the molecule is CC(C)(C)c1ccc(S(=O)(=O)Nc2cc(Cl)cnc2C(=O)c2cccc(N)n2)cc1.COCN(c1cc(Cl)cnc1C(=O)c1cccc(N)n1)S(=O)(=O)c1ccc(C(C)(C)C)cc1. The second kappa shape index (κ2) is 19.2. The first kappa shape index (κ1) is 48.1. The minimum absolute atomic E-state index is 0.0235. The molecule has 0 spiro atoms. The fourth-order valence-electron chi connectivity index (χ4n) is 5.87. The quantitative estimate of drug-likeness (QED) is 0.0779. The van der Waals surface area contributed by atoms with Crippen LogP contribution in [0.15, 0.2) is 119 Å². The summed E-state index contributed by atoms with van der Waals surface area (Å²) in [5, 5.41) is 0.328. The number of pyridine rings is 4. The summed E-state index contributed by atoms with van der Waals surface area (Å²) in [5.41, 5.74) is 12.8. The van der Waals surface area contributed by atoms with E-state index in [1.807, 2.05) is 41.5 Å². The molecular weight excluding hydrogens is 888 g/mol. The number of ketones is 2. The number of rotatable bonds is 12. The number of anilines is 4. The summed E-state index contributed by atoms with van der Waals surface area (Å²) in [7, 11) is -6.76. The van der Waals surface area contributed by atoms with Crippen molar-refractivity contribution in [3.8, 4) is 0 Å². The van der Waals surface area contributed by atoms with Gasteiger partial charge in [0.25, 0.3) is 20.0 Å². The molecule has 0 unspecified atom stereocenters. The third-order valence-electron chi connectivity index (χ3n) is 9.22. The van der Waals surface area contributed by atoms with Gasteiger partial charge in [-0.1, -0.05) is 101 Å². The van der Waals surface area contributed by atoms with Crippen LogP contribution in [0.3, 0.4) is 0 Å².